The molecule has 1 unspecified atom stereocenters. The predicted octanol–water partition coefficient (Wildman–Crippen LogP) is 3.37. The van der Waals surface area contributed by atoms with Crippen molar-refractivity contribution in [2.45, 2.75) is 51.5 Å². The zero-order chi connectivity index (χ0) is 15.5. The molecule has 1 fully saturated rings. The molecule has 0 spiro atoms. The van der Waals surface area contributed by atoms with Crippen molar-refractivity contribution in [1.29, 1.82) is 0 Å². The zero-order valence-corrected chi connectivity index (χ0v) is 13.1. The molecule has 1 aromatic rings. The van der Waals surface area contributed by atoms with Crippen molar-refractivity contribution in [3.05, 3.63) is 29.6 Å². The normalized spacial score (nSPS) is 18.5. The number of rotatable bonds is 5. The van der Waals surface area contributed by atoms with Crippen molar-refractivity contribution in [3.63, 3.8) is 0 Å². The zero-order valence-electron chi connectivity index (χ0n) is 13.1. The Kier molecular flexibility index (Phi) is 8.51. The predicted molar refractivity (Wildman–Crippen MR) is 84.8 cm³/mol. The van der Waals surface area contributed by atoms with Crippen molar-refractivity contribution >= 4 is 12.6 Å². The lowest BCUT2D eigenvalue weighted by molar-refractivity contribution is 0.112. The van der Waals surface area contributed by atoms with Gasteiger partial charge < -0.3 is 4.90 Å². The van der Waals surface area contributed by atoms with Crippen LogP contribution in [0.3, 0.4) is 0 Å². The molecular formula is C17H26N2O2. The Morgan fingerprint density at radius 2 is 1.90 bits per heavy atom. The van der Waals surface area contributed by atoms with E-state index in [0.29, 0.717) is 23.7 Å². The third-order valence-electron chi connectivity index (χ3n) is 3.87. The number of unbranched alkanes of at least 4 members (excludes halogenated alkanes) is 1. The van der Waals surface area contributed by atoms with Gasteiger partial charge in [-0.3, -0.25) is 14.6 Å². The summed E-state index contributed by atoms with van der Waals surface area (Å²) in [6, 6.07) is 2.39. The van der Waals surface area contributed by atoms with E-state index in [4.69, 9.17) is 0 Å². The second-order valence-corrected chi connectivity index (χ2v) is 5.56. The fourth-order valence-electron chi connectivity index (χ4n) is 2.55. The number of hydrogen-bond acceptors (Lipinski definition) is 4. The molecule has 116 valence electrons. The van der Waals surface area contributed by atoms with Crippen LogP contribution in [-0.2, 0) is 0 Å². The SMILES string of the molecule is CCCCC1CCCCN1C.O=Cc1cncc(C=O)c1. The number of likely N-dealkylation sites (tertiary alicyclic amines) is 1. The highest BCUT2D eigenvalue weighted by molar-refractivity contribution is 5.80. The highest BCUT2D eigenvalue weighted by Gasteiger charge is 2.17. The first-order valence-electron chi connectivity index (χ1n) is 7.77. The van der Waals surface area contributed by atoms with Crippen LogP contribution >= 0.6 is 0 Å². The summed E-state index contributed by atoms with van der Waals surface area (Å²) in [5, 5.41) is 0. The van der Waals surface area contributed by atoms with Gasteiger partial charge in [0.1, 0.15) is 0 Å². The van der Waals surface area contributed by atoms with E-state index in [1.165, 1.54) is 63.5 Å². The molecule has 0 aliphatic carbocycles. The van der Waals surface area contributed by atoms with Crippen LogP contribution in [0.15, 0.2) is 18.5 Å². The van der Waals surface area contributed by atoms with Crippen LogP contribution in [0.4, 0.5) is 0 Å². The van der Waals surface area contributed by atoms with Crippen molar-refractivity contribution in [3.8, 4) is 0 Å². The van der Waals surface area contributed by atoms with Crippen LogP contribution in [-0.4, -0.2) is 42.1 Å². The maximum Gasteiger partial charge on any atom is 0.151 e. The summed E-state index contributed by atoms with van der Waals surface area (Å²) in [5.41, 5.74) is 0.842. The summed E-state index contributed by atoms with van der Waals surface area (Å²) in [6.45, 7) is 3.61. The van der Waals surface area contributed by atoms with Crippen LogP contribution in [0.1, 0.15) is 66.2 Å². The quantitative estimate of drug-likeness (QED) is 0.780. The number of aromatic nitrogens is 1. The Balaban J connectivity index is 0.000000211. The van der Waals surface area contributed by atoms with Gasteiger partial charge in [-0.15, -0.1) is 0 Å². The monoisotopic (exact) mass is 290 g/mol. The Bertz CT molecular complexity index is 411. The molecule has 4 nitrogen and oxygen atoms in total. The van der Waals surface area contributed by atoms with Crippen LogP contribution in [0.25, 0.3) is 0 Å². The number of nitrogens with zero attached hydrogens (tertiary/aromatic N) is 2. The number of pyridine rings is 1. The molecule has 1 aliphatic heterocycles. The first-order valence-corrected chi connectivity index (χ1v) is 7.77. The van der Waals surface area contributed by atoms with E-state index in [1.807, 2.05) is 0 Å². The van der Waals surface area contributed by atoms with Gasteiger partial charge in [-0.05, 0) is 38.9 Å². The molecule has 2 heterocycles. The number of carbonyl (C=O) groups excluding carboxylic acids is 2. The van der Waals surface area contributed by atoms with Gasteiger partial charge in [0, 0.05) is 29.6 Å². The maximum absolute atomic E-state index is 10.1. The minimum Gasteiger partial charge on any atom is -0.303 e. The number of aldehydes is 2. The van der Waals surface area contributed by atoms with E-state index >= 15 is 0 Å². The van der Waals surface area contributed by atoms with Crippen molar-refractivity contribution < 1.29 is 9.59 Å². The molecule has 0 saturated carbocycles. The van der Waals surface area contributed by atoms with Gasteiger partial charge in [0.05, 0.1) is 0 Å². The van der Waals surface area contributed by atoms with Crippen molar-refractivity contribution in [1.82, 2.24) is 9.88 Å². The average molecular weight is 290 g/mol. The Labute approximate surface area is 127 Å². The first-order chi connectivity index (χ1) is 10.2. The van der Waals surface area contributed by atoms with E-state index in [1.54, 1.807) is 0 Å². The second kappa shape index (κ2) is 10.2. The van der Waals surface area contributed by atoms with Crippen LogP contribution < -0.4 is 0 Å². The number of carbonyl (C=O) groups is 2. The summed E-state index contributed by atoms with van der Waals surface area (Å²) in [5.74, 6) is 0. The van der Waals surface area contributed by atoms with E-state index < -0.39 is 0 Å². The molecule has 0 amide bonds. The fraction of sp³-hybridized carbons (Fsp3) is 0.588. The van der Waals surface area contributed by atoms with E-state index in [0.717, 1.165) is 6.04 Å². The van der Waals surface area contributed by atoms with Crippen LogP contribution in [0, 0.1) is 0 Å². The summed E-state index contributed by atoms with van der Waals surface area (Å²) in [4.78, 5) is 26.4. The maximum atomic E-state index is 10.1. The minimum absolute atomic E-state index is 0.421. The van der Waals surface area contributed by atoms with Gasteiger partial charge in [0.2, 0.25) is 0 Å². The minimum atomic E-state index is 0.421. The summed E-state index contributed by atoms with van der Waals surface area (Å²) in [7, 11) is 2.28. The topological polar surface area (TPSA) is 50.3 Å². The molecule has 1 aromatic heterocycles. The van der Waals surface area contributed by atoms with E-state index in [9.17, 15) is 9.59 Å². The largest absolute Gasteiger partial charge is 0.303 e. The van der Waals surface area contributed by atoms with Gasteiger partial charge >= 0.3 is 0 Å². The summed E-state index contributed by atoms with van der Waals surface area (Å²) < 4.78 is 0. The first kappa shape index (κ1) is 17.5. The summed E-state index contributed by atoms with van der Waals surface area (Å²) >= 11 is 0. The second-order valence-electron chi connectivity index (χ2n) is 5.56. The van der Waals surface area contributed by atoms with Gasteiger partial charge in [-0.1, -0.05) is 26.2 Å². The molecule has 1 atom stereocenters. The standard InChI is InChI=1S/C10H21N.C7H5NO2/c1-3-4-7-10-8-5-6-9-11(10)2;9-4-6-1-7(5-10)3-8-2-6/h10H,3-9H2,1-2H3;1-5H. The van der Waals surface area contributed by atoms with E-state index in [2.05, 4.69) is 23.9 Å². The molecule has 0 radical (unpaired) electrons. The molecule has 0 bridgehead atoms. The molecule has 0 aromatic carbocycles. The Hall–Kier alpha value is -1.55. The highest BCUT2D eigenvalue weighted by Crippen LogP contribution is 2.19. The van der Waals surface area contributed by atoms with Crippen molar-refractivity contribution in [2.24, 2.45) is 0 Å². The smallest absolute Gasteiger partial charge is 0.151 e. The summed E-state index contributed by atoms with van der Waals surface area (Å²) in [6.07, 6.45) is 12.6. The van der Waals surface area contributed by atoms with Crippen LogP contribution in [0.2, 0.25) is 0 Å². The van der Waals surface area contributed by atoms with Gasteiger partial charge in [-0.2, -0.15) is 0 Å². The Morgan fingerprint density at radius 3 is 2.43 bits per heavy atom. The van der Waals surface area contributed by atoms with Crippen LogP contribution in [0.5, 0.6) is 0 Å². The molecule has 1 aliphatic rings. The molecular weight excluding hydrogens is 264 g/mol. The number of piperidine rings is 1. The number of hydrogen-bond donors (Lipinski definition) is 0. The molecule has 21 heavy (non-hydrogen) atoms. The molecule has 1 saturated heterocycles. The lowest BCUT2D eigenvalue weighted by atomic mass is 9.98. The van der Waals surface area contributed by atoms with Gasteiger partial charge in [0.25, 0.3) is 0 Å². The average Bonchev–Trinajstić information content (AvgIpc) is 2.55. The lowest BCUT2D eigenvalue weighted by Gasteiger charge is -2.32. The van der Waals surface area contributed by atoms with E-state index in [-0.39, 0.29) is 0 Å². The third-order valence-corrected chi connectivity index (χ3v) is 3.87. The Morgan fingerprint density at radius 1 is 1.24 bits per heavy atom. The highest BCUT2D eigenvalue weighted by atomic mass is 16.1. The van der Waals surface area contributed by atoms with Gasteiger partial charge in [-0.25, -0.2) is 0 Å². The lowest BCUT2D eigenvalue weighted by Crippen LogP contribution is -2.35. The van der Waals surface area contributed by atoms with Gasteiger partial charge in [0.15, 0.2) is 12.6 Å². The third kappa shape index (κ3) is 6.63. The fourth-order valence-corrected chi connectivity index (χ4v) is 2.55. The molecule has 2 rings (SSSR count). The molecule has 4 heteroatoms. The molecule has 0 N–H and O–H groups in total. The van der Waals surface area contributed by atoms with Crippen molar-refractivity contribution in [2.75, 3.05) is 13.6 Å².